The molecule has 4 N–H and O–H groups in total. The predicted octanol–water partition coefficient (Wildman–Crippen LogP) is 8.29. The first kappa shape index (κ1) is 31.1. The van der Waals surface area contributed by atoms with E-state index in [0.717, 1.165) is 55.0 Å². The SMILES string of the molecule is CCOC(=O)CC[C@@H](C)[C@H]1CC[C@H]2[C@@H]3CC(Oc4cccc(N)c4)C4CC(Oc5cccc(N)c5)CC[C@]4(C)[C@H]3CC[C@]12C. The van der Waals surface area contributed by atoms with Crippen LogP contribution in [0.4, 0.5) is 11.4 Å². The summed E-state index contributed by atoms with van der Waals surface area (Å²) in [4.78, 5) is 12.2. The fraction of sp³-hybridized carbons (Fsp3) is 0.658. The van der Waals surface area contributed by atoms with Gasteiger partial charge in [-0.1, -0.05) is 32.9 Å². The molecule has 6 heteroatoms. The van der Waals surface area contributed by atoms with Gasteiger partial charge in [-0.2, -0.15) is 0 Å². The van der Waals surface area contributed by atoms with Crippen LogP contribution in [-0.4, -0.2) is 24.8 Å². The number of fused-ring (bicyclic) bond motifs is 5. The zero-order valence-corrected chi connectivity index (χ0v) is 27.3. The van der Waals surface area contributed by atoms with E-state index >= 15 is 0 Å². The number of carbonyl (C=O) groups is 1. The van der Waals surface area contributed by atoms with Crippen LogP contribution in [0.5, 0.6) is 11.5 Å². The van der Waals surface area contributed by atoms with Crippen LogP contribution in [0.15, 0.2) is 48.5 Å². The molecule has 240 valence electrons. The maximum absolute atomic E-state index is 12.2. The van der Waals surface area contributed by atoms with E-state index in [4.69, 9.17) is 25.7 Å². The lowest BCUT2D eigenvalue weighted by atomic mass is 9.43. The molecule has 0 aliphatic heterocycles. The fourth-order valence-electron chi connectivity index (χ4n) is 10.8. The number of esters is 1. The molecule has 0 saturated heterocycles. The molecule has 0 heterocycles. The molecule has 0 radical (unpaired) electrons. The van der Waals surface area contributed by atoms with Gasteiger partial charge in [0.1, 0.15) is 17.6 Å². The van der Waals surface area contributed by atoms with Crippen LogP contribution in [0.2, 0.25) is 0 Å². The van der Waals surface area contributed by atoms with Gasteiger partial charge in [0.25, 0.3) is 0 Å². The van der Waals surface area contributed by atoms with Crippen molar-refractivity contribution in [2.75, 3.05) is 18.1 Å². The molecule has 4 fully saturated rings. The normalized spacial score (nSPS) is 36.8. The summed E-state index contributed by atoms with van der Waals surface area (Å²) in [5.74, 6) is 5.33. The van der Waals surface area contributed by atoms with E-state index in [1.807, 2.05) is 49.4 Å². The molecule has 4 aliphatic rings. The monoisotopic (exact) mass is 602 g/mol. The lowest BCUT2D eigenvalue weighted by Crippen LogP contribution is -2.59. The third kappa shape index (κ3) is 5.90. The summed E-state index contributed by atoms with van der Waals surface area (Å²) in [6.45, 7) is 9.91. The van der Waals surface area contributed by atoms with E-state index in [2.05, 4.69) is 26.8 Å². The minimum atomic E-state index is -0.0501. The average molecular weight is 603 g/mol. The fourth-order valence-corrected chi connectivity index (χ4v) is 10.8. The van der Waals surface area contributed by atoms with Gasteiger partial charge in [-0.25, -0.2) is 0 Å². The van der Waals surface area contributed by atoms with Gasteiger partial charge in [-0.15, -0.1) is 0 Å². The van der Waals surface area contributed by atoms with Crippen LogP contribution in [0, 0.1) is 46.3 Å². The van der Waals surface area contributed by atoms with Gasteiger partial charge >= 0.3 is 5.97 Å². The molecule has 6 nitrogen and oxygen atoms in total. The maximum Gasteiger partial charge on any atom is 0.305 e. The second-order valence-electron chi connectivity index (χ2n) is 15.1. The minimum absolute atomic E-state index is 0.0501. The third-order valence-corrected chi connectivity index (χ3v) is 12.8. The van der Waals surface area contributed by atoms with Gasteiger partial charge in [0.15, 0.2) is 0 Å². The van der Waals surface area contributed by atoms with Gasteiger partial charge in [-0.3, -0.25) is 4.79 Å². The van der Waals surface area contributed by atoms with E-state index in [1.54, 1.807) is 0 Å². The summed E-state index contributed by atoms with van der Waals surface area (Å²) in [5.41, 5.74) is 14.3. The van der Waals surface area contributed by atoms with Gasteiger partial charge in [0.2, 0.25) is 0 Å². The first-order valence-electron chi connectivity index (χ1n) is 17.3. The summed E-state index contributed by atoms with van der Waals surface area (Å²) < 4.78 is 18.8. The van der Waals surface area contributed by atoms with Crippen LogP contribution in [0.3, 0.4) is 0 Å². The van der Waals surface area contributed by atoms with Crippen molar-refractivity contribution < 1.29 is 19.0 Å². The first-order chi connectivity index (χ1) is 21.1. The number of hydrogen-bond donors (Lipinski definition) is 2. The molecule has 6 rings (SSSR count). The lowest BCUT2D eigenvalue weighted by molar-refractivity contribution is -0.164. The topological polar surface area (TPSA) is 96.8 Å². The second-order valence-corrected chi connectivity index (χ2v) is 15.1. The Hall–Kier alpha value is -2.89. The molecular weight excluding hydrogens is 548 g/mol. The Morgan fingerprint density at radius 3 is 2.20 bits per heavy atom. The van der Waals surface area contributed by atoms with Crippen molar-refractivity contribution in [1.82, 2.24) is 0 Å². The number of nitrogens with two attached hydrogens (primary N) is 2. The minimum Gasteiger partial charge on any atom is -0.490 e. The van der Waals surface area contributed by atoms with Crippen molar-refractivity contribution in [2.24, 2.45) is 46.3 Å². The van der Waals surface area contributed by atoms with E-state index in [0.29, 0.717) is 54.0 Å². The summed E-state index contributed by atoms with van der Waals surface area (Å²) >= 11 is 0. The molecule has 3 unspecified atom stereocenters. The Bertz CT molecular complexity index is 1320. The zero-order chi connectivity index (χ0) is 31.1. The van der Waals surface area contributed by atoms with Crippen molar-refractivity contribution in [3.05, 3.63) is 48.5 Å². The molecule has 0 bridgehead atoms. The van der Waals surface area contributed by atoms with Gasteiger partial charge in [0.05, 0.1) is 12.7 Å². The molecule has 10 atom stereocenters. The number of benzene rings is 2. The summed E-state index contributed by atoms with van der Waals surface area (Å²) in [6, 6.07) is 15.8. The van der Waals surface area contributed by atoms with Crippen molar-refractivity contribution in [3.63, 3.8) is 0 Å². The highest BCUT2D eigenvalue weighted by atomic mass is 16.5. The number of hydrogen-bond acceptors (Lipinski definition) is 6. The summed E-state index contributed by atoms with van der Waals surface area (Å²) in [6.07, 6.45) is 11.2. The van der Waals surface area contributed by atoms with E-state index in [1.165, 1.54) is 25.7 Å². The second kappa shape index (κ2) is 12.5. The molecule has 44 heavy (non-hydrogen) atoms. The van der Waals surface area contributed by atoms with E-state index in [9.17, 15) is 4.79 Å². The Labute approximate surface area is 264 Å². The Balaban J connectivity index is 1.24. The largest absolute Gasteiger partial charge is 0.490 e. The van der Waals surface area contributed by atoms with E-state index in [-0.39, 0.29) is 23.6 Å². The molecule has 4 saturated carbocycles. The molecule has 2 aromatic rings. The highest BCUT2D eigenvalue weighted by Gasteiger charge is 2.63. The smallest absolute Gasteiger partial charge is 0.305 e. The first-order valence-corrected chi connectivity index (χ1v) is 17.3. The summed E-state index contributed by atoms with van der Waals surface area (Å²) in [5, 5.41) is 0. The Kier molecular flexibility index (Phi) is 8.82. The van der Waals surface area contributed by atoms with Gasteiger partial charge in [-0.05, 0) is 129 Å². The third-order valence-electron chi connectivity index (χ3n) is 12.8. The van der Waals surface area contributed by atoms with Crippen molar-refractivity contribution >= 4 is 17.3 Å². The van der Waals surface area contributed by atoms with Crippen molar-refractivity contribution in [2.45, 2.75) is 104 Å². The van der Waals surface area contributed by atoms with Crippen molar-refractivity contribution in [3.8, 4) is 11.5 Å². The van der Waals surface area contributed by atoms with Crippen molar-refractivity contribution in [1.29, 1.82) is 0 Å². The van der Waals surface area contributed by atoms with Gasteiger partial charge in [0, 0.05) is 35.8 Å². The highest BCUT2D eigenvalue weighted by molar-refractivity contribution is 5.69. The number of rotatable bonds is 9. The van der Waals surface area contributed by atoms with Crippen LogP contribution in [0.25, 0.3) is 0 Å². The predicted molar refractivity (Wildman–Crippen MR) is 176 cm³/mol. The molecule has 0 spiro atoms. The van der Waals surface area contributed by atoms with Crippen LogP contribution in [0.1, 0.15) is 91.9 Å². The number of ether oxygens (including phenoxy) is 3. The standard InChI is InChI=1S/C38H54N2O4/c1-5-42-36(41)15-12-24(2)31-13-14-32-30-23-35(44-28-11-7-9-26(40)21-28)34-22-29(43-27-10-6-8-25(39)20-27)16-18-38(34,4)33(30)17-19-37(31,32)3/h6-11,20-21,24,29-35H,5,12-19,22-23,39-40H2,1-4H3/t24-,29?,30+,31-,32+,33+,34?,35?,37-,38-/m1/s1. The molecule has 0 aromatic heterocycles. The highest BCUT2D eigenvalue weighted by Crippen LogP contribution is 2.68. The maximum atomic E-state index is 12.2. The Morgan fingerprint density at radius 1 is 0.864 bits per heavy atom. The molecular formula is C38H54N2O4. The number of nitrogen functional groups attached to an aromatic ring is 2. The zero-order valence-electron chi connectivity index (χ0n) is 27.3. The van der Waals surface area contributed by atoms with Gasteiger partial charge < -0.3 is 25.7 Å². The molecule has 4 aliphatic carbocycles. The average Bonchev–Trinajstić information content (AvgIpc) is 3.34. The summed E-state index contributed by atoms with van der Waals surface area (Å²) in [7, 11) is 0. The Morgan fingerprint density at radius 2 is 1.52 bits per heavy atom. The van der Waals surface area contributed by atoms with Crippen LogP contribution in [-0.2, 0) is 9.53 Å². The lowest BCUT2D eigenvalue weighted by Gasteiger charge is -2.63. The van der Waals surface area contributed by atoms with E-state index < -0.39 is 0 Å². The van der Waals surface area contributed by atoms with Crippen LogP contribution >= 0.6 is 0 Å². The van der Waals surface area contributed by atoms with Crippen LogP contribution < -0.4 is 20.9 Å². The molecule has 0 amide bonds. The number of carbonyl (C=O) groups excluding carboxylic acids is 1. The number of anilines is 2. The quantitative estimate of drug-likeness (QED) is 0.221. The molecule has 2 aromatic carbocycles.